The van der Waals surface area contributed by atoms with Crippen molar-refractivity contribution >= 4 is 27.5 Å². The molecule has 0 radical (unpaired) electrons. The molecule has 0 aromatic heterocycles. The summed E-state index contributed by atoms with van der Waals surface area (Å²) in [5.74, 6) is 2.54. The van der Waals surface area contributed by atoms with E-state index in [2.05, 4.69) is 27.0 Å². The third-order valence-corrected chi connectivity index (χ3v) is 7.15. The predicted molar refractivity (Wildman–Crippen MR) is 117 cm³/mol. The molecule has 8 heteroatoms. The molecule has 1 fully saturated rings. The Labute approximate surface area is 188 Å². The Morgan fingerprint density at radius 3 is 2.68 bits per heavy atom. The number of hydrogen-bond donors (Lipinski definition) is 0. The summed E-state index contributed by atoms with van der Waals surface area (Å²) >= 11 is 3.61. The number of nitrogens with zero attached hydrogens (tertiary/aromatic N) is 3. The highest BCUT2D eigenvalue weighted by atomic mass is 79.9. The molecule has 0 bridgehead atoms. The fraction of sp³-hybridized carbons (Fsp3) is 0.391. The van der Waals surface area contributed by atoms with Crippen LogP contribution < -0.4 is 14.2 Å². The highest BCUT2D eigenvalue weighted by Crippen LogP contribution is 2.50. The maximum Gasteiger partial charge on any atom is 0.231 e. The van der Waals surface area contributed by atoms with Crippen LogP contribution in [0.25, 0.3) is 0 Å². The molecule has 1 spiro atoms. The summed E-state index contributed by atoms with van der Waals surface area (Å²) in [4.78, 5) is 13.8. The Kier molecular flexibility index (Phi) is 4.21. The molecule has 4 heterocycles. The van der Waals surface area contributed by atoms with Crippen molar-refractivity contribution in [3.63, 3.8) is 0 Å². The summed E-state index contributed by atoms with van der Waals surface area (Å²) in [5.41, 5.74) is 2.63. The lowest BCUT2D eigenvalue weighted by Crippen LogP contribution is -2.59. The second kappa shape index (κ2) is 6.88. The van der Waals surface area contributed by atoms with Gasteiger partial charge in [0.15, 0.2) is 11.5 Å². The van der Waals surface area contributed by atoms with Crippen LogP contribution in [-0.4, -0.2) is 47.1 Å². The zero-order valence-electron chi connectivity index (χ0n) is 17.1. The fourth-order valence-electron chi connectivity index (χ4n) is 5.00. The summed E-state index contributed by atoms with van der Waals surface area (Å²) in [7, 11) is 0. The smallest absolute Gasteiger partial charge is 0.231 e. The van der Waals surface area contributed by atoms with E-state index >= 15 is 0 Å². The van der Waals surface area contributed by atoms with E-state index < -0.39 is 5.72 Å². The number of carbonyl (C=O) groups is 1. The number of piperidine rings is 1. The van der Waals surface area contributed by atoms with E-state index in [4.69, 9.17) is 19.3 Å². The van der Waals surface area contributed by atoms with Crippen LogP contribution in [0.2, 0.25) is 0 Å². The van der Waals surface area contributed by atoms with Gasteiger partial charge in [0.25, 0.3) is 0 Å². The SMILES string of the molecule is CC(=O)N1CCC2(CC1)Oc1ccc(Br)cc1C1CC(c3ccc4c(c3)OCO4)=NN12. The Balaban J connectivity index is 1.40. The molecule has 31 heavy (non-hydrogen) atoms. The highest BCUT2D eigenvalue weighted by molar-refractivity contribution is 9.10. The molecule has 2 aromatic carbocycles. The van der Waals surface area contributed by atoms with Gasteiger partial charge in [-0.05, 0) is 36.4 Å². The minimum Gasteiger partial charge on any atom is -0.466 e. The number of benzene rings is 2. The number of ether oxygens (including phenoxy) is 3. The first-order valence-electron chi connectivity index (χ1n) is 10.5. The van der Waals surface area contributed by atoms with Gasteiger partial charge in [-0.15, -0.1) is 0 Å². The number of amides is 1. The predicted octanol–water partition coefficient (Wildman–Crippen LogP) is 4.06. The van der Waals surface area contributed by atoms with Crippen molar-refractivity contribution in [2.75, 3.05) is 19.9 Å². The van der Waals surface area contributed by atoms with Gasteiger partial charge in [-0.1, -0.05) is 15.9 Å². The van der Waals surface area contributed by atoms with E-state index in [-0.39, 0.29) is 18.7 Å². The zero-order valence-corrected chi connectivity index (χ0v) is 18.7. The van der Waals surface area contributed by atoms with Crippen LogP contribution in [0.5, 0.6) is 17.2 Å². The Bertz CT molecular complexity index is 1110. The van der Waals surface area contributed by atoms with Crippen LogP contribution in [-0.2, 0) is 4.79 Å². The molecule has 1 atom stereocenters. The van der Waals surface area contributed by atoms with E-state index in [0.29, 0.717) is 13.1 Å². The van der Waals surface area contributed by atoms with Crippen LogP contribution in [0.3, 0.4) is 0 Å². The van der Waals surface area contributed by atoms with Crippen LogP contribution >= 0.6 is 15.9 Å². The van der Waals surface area contributed by atoms with Gasteiger partial charge in [0.2, 0.25) is 18.4 Å². The molecule has 7 nitrogen and oxygen atoms in total. The number of rotatable bonds is 1. The number of hydrogen-bond acceptors (Lipinski definition) is 6. The second-order valence-corrected chi connectivity index (χ2v) is 9.33. The first kappa shape index (κ1) is 19.0. The molecule has 1 unspecified atom stereocenters. The zero-order chi connectivity index (χ0) is 21.2. The molecule has 0 aliphatic carbocycles. The second-order valence-electron chi connectivity index (χ2n) is 8.42. The lowest BCUT2D eigenvalue weighted by Gasteiger charge is -2.51. The molecule has 0 saturated carbocycles. The largest absolute Gasteiger partial charge is 0.466 e. The van der Waals surface area contributed by atoms with E-state index in [1.807, 2.05) is 35.2 Å². The molecular weight excluding hydrogens is 462 g/mol. The minimum atomic E-state index is -0.546. The van der Waals surface area contributed by atoms with E-state index in [0.717, 1.165) is 57.8 Å². The lowest BCUT2D eigenvalue weighted by molar-refractivity contribution is -0.158. The van der Waals surface area contributed by atoms with Crippen molar-refractivity contribution < 1.29 is 19.0 Å². The number of likely N-dealkylation sites (tertiary alicyclic amines) is 1. The van der Waals surface area contributed by atoms with E-state index in [1.165, 1.54) is 0 Å². The van der Waals surface area contributed by atoms with Gasteiger partial charge in [-0.3, -0.25) is 4.79 Å². The summed E-state index contributed by atoms with van der Waals surface area (Å²) in [6.07, 6.45) is 2.22. The average molecular weight is 484 g/mol. The summed E-state index contributed by atoms with van der Waals surface area (Å²) in [6.45, 7) is 3.21. The topological polar surface area (TPSA) is 63.6 Å². The van der Waals surface area contributed by atoms with E-state index in [1.54, 1.807) is 6.92 Å². The van der Waals surface area contributed by atoms with Crippen molar-refractivity contribution in [3.8, 4) is 17.2 Å². The molecule has 4 aliphatic heterocycles. The van der Waals surface area contributed by atoms with Gasteiger partial charge >= 0.3 is 0 Å². The van der Waals surface area contributed by atoms with Crippen LogP contribution in [0.1, 0.15) is 43.4 Å². The molecule has 160 valence electrons. The van der Waals surface area contributed by atoms with Gasteiger partial charge in [0.05, 0.1) is 11.8 Å². The molecule has 1 saturated heterocycles. The Morgan fingerprint density at radius 1 is 1.10 bits per heavy atom. The van der Waals surface area contributed by atoms with Gasteiger partial charge < -0.3 is 19.1 Å². The van der Waals surface area contributed by atoms with Crippen LogP contribution in [0.4, 0.5) is 0 Å². The van der Waals surface area contributed by atoms with Crippen LogP contribution in [0.15, 0.2) is 46.0 Å². The summed E-state index contributed by atoms with van der Waals surface area (Å²) < 4.78 is 18.7. The van der Waals surface area contributed by atoms with Crippen molar-refractivity contribution in [2.24, 2.45) is 5.10 Å². The van der Waals surface area contributed by atoms with Crippen LogP contribution in [0, 0.1) is 0 Å². The quantitative estimate of drug-likeness (QED) is 0.611. The monoisotopic (exact) mass is 483 g/mol. The Morgan fingerprint density at radius 2 is 1.87 bits per heavy atom. The maximum absolute atomic E-state index is 11.9. The number of halogens is 1. The third kappa shape index (κ3) is 2.99. The van der Waals surface area contributed by atoms with Crippen molar-refractivity contribution in [1.29, 1.82) is 0 Å². The summed E-state index contributed by atoms with van der Waals surface area (Å²) in [6, 6.07) is 12.3. The maximum atomic E-state index is 11.9. The van der Waals surface area contributed by atoms with Gasteiger partial charge in [0, 0.05) is 54.9 Å². The van der Waals surface area contributed by atoms with Crippen molar-refractivity contribution in [1.82, 2.24) is 9.91 Å². The molecule has 6 rings (SSSR count). The first-order valence-corrected chi connectivity index (χ1v) is 11.3. The minimum absolute atomic E-state index is 0.0885. The standard InChI is InChI=1S/C23H22BrN3O4/c1-14(28)26-8-6-23(7-9-26)27-19(17-11-16(24)3-5-20(17)31-23)12-18(25-27)15-2-4-21-22(10-15)30-13-29-21/h2-5,10-11,19H,6-9,12-13H2,1H3. The molecule has 1 amide bonds. The number of fused-ring (bicyclic) bond motifs is 5. The highest BCUT2D eigenvalue weighted by Gasteiger charge is 2.52. The third-order valence-electron chi connectivity index (χ3n) is 6.65. The van der Waals surface area contributed by atoms with Crippen molar-refractivity contribution in [2.45, 2.75) is 38.0 Å². The van der Waals surface area contributed by atoms with E-state index in [9.17, 15) is 4.79 Å². The fourth-order valence-corrected chi connectivity index (χ4v) is 5.38. The van der Waals surface area contributed by atoms with Gasteiger partial charge in [-0.25, -0.2) is 5.01 Å². The normalized spacial score (nSPS) is 22.6. The molecule has 4 aliphatic rings. The average Bonchev–Trinajstić information content (AvgIpc) is 3.42. The Hall–Kier alpha value is -2.74. The lowest BCUT2D eigenvalue weighted by atomic mass is 9.90. The molecular formula is C23H22BrN3O4. The van der Waals surface area contributed by atoms with Gasteiger partial charge in [0.1, 0.15) is 5.75 Å². The molecule has 0 N–H and O–H groups in total. The molecule has 2 aromatic rings. The first-order chi connectivity index (χ1) is 15.0. The van der Waals surface area contributed by atoms with Gasteiger partial charge in [-0.2, -0.15) is 5.10 Å². The number of hydrazone groups is 1. The summed E-state index contributed by atoms with van der Waals surface area (Å²) in [5, 5.41) is 7.24. The van der Waals surface area contributed by atoms with Crippen molar-refractivity contribution in [3.05, 3.63) is 52.0 Å². The number of carbonyl (C=O) groups excluding carboxylic acids is 1.